The van der Waals surface area contributed by atoms with Crippen LogP contribution >= 0.6 is 0 Å². The first kappa shape index (κ1) is 16.2. The molecule has 2 aromatic carbocycles. The van der Waals surface area contributed by atoms with Crippen LogP contribution in [-0.4, -0.2) is 18.4 Å². The van der Waals surface area contributed by atoms with E-state index in [0.717, 1.165) is 17.7 Å². The van der Waals surface area contributed by atoms with E-state index in [-0.39, 0.29) is 24.2 Å². The topological polar surface area (TPSA) is 49.4 Å². The smallest absolute Gasteiger partial charge is 0.227 e. The largest absolute Gasteiger partial charge is 0.352 e. The zero-order chi connectivity index (χ0) is 16.9. The van der Waals surface area contributed by atoms with E-state index in [0.29, 0.717) is 13.1 Å². The van der Waals surface area contributed by atoms with Gasteiger partial charge in [0.1, 0.15) is 0 Å². The molecule has 4 nitrogen and oxygen atoms in total. The van der Waals surface area contributed by atoms with Crippen LogP contribution in [0.2, 0.25) is 0 Å². The number of nitrogens with zero attached hydrogens (tertiary/aromatic N) is 1. The van der Waals surface area contributed by atoms with Gasteiger partial charge in [-0.1, -0.05) is 49.4 Å². The molecule has 24 heavy (non-hydrogen) atoms. The van der Waals surface area contributed by atoms with E-state index in [2.05, 4.69) is 24.4 Å². The molecule has 1 fully saturated rings. The van der Waals surface area contributed by atoms with Gasteiger partial charge in [0.2, 0.25) is 11.8 Å². The normalized spacial score (nSPS) is 17.1. The molecule has 124 valence electrons. The van der Waals surface area contributed by atoms with E-state index >= 15 is 0 Å². The number of hydrogen-bond donors (Lipinski definition) is 1. The van der Waals surface area contributed by atoms with Crippen molar-refractivity contribution in [3.05, 3.63) is 65.7 Å². The van der Waals surface area contributed by atoms with Gasteiger partial charge in [-0.05, 0) is 29.7 Å². The van der Waals surface area contributed by atoms with Crippen LogP contribution < -0.4 is 10.2 Å². The first-order valence-corrected chi connectivity index (χ1v) is 8.38. The maximum Gasteiger partial charge on any atom is 0.227 e. The molecule has 1 heterocycles. The highest BCUT2D eigenvalue weighted by Crippen LogP contribution is 2.24. The molecule has 1 aliphatic heterocycles. The lowest BCUT2D eigenvalue weighted by molar-refractivity contribution is -0.126. The Labute approximate surface area is 142 Å². The minimum atomic E-state index is -0.285. The first-order chi connectivity index (χ1) is 11.7. The summed E-state index contributed by atoms with van der Waals surface area (Å²) in [5.74, 6) is -0.331. The zero-order valence-electron chi connectivity index (χ0n) is 13.9. The van der Waals surface area contributed by atoms with Crippen molar-refractivity contribution in [2.24, 2.45) is 5.92 Å². The second kappa shape index (κ2) is 7.30. The predicted molar refractivity (Wildman–Crippen MR) is 94.6 cm³/mol. The SMILES string of the molecule is CCc1ccc(CNC(=O)[C@H]2CC(=O)N(c3ccccc3)C2)cc1. The van der Waals surface area contributed by atoms with E-state index in [9.17, 15) is 9.59 Å². The third-order valence-electron chi connectivity index (χ3n) is 4.46. The van der Waals surface area contributed by atoms with Gasteiger partial charge >= 0.3 is 0 Å². The van der Waals surface area contributed by atoms with Crippen molar-refractivity contribution in [2.75, 3.05) is 11.4 Å². The Balaban J connectivity index is 1.57. The van der Waals surface area contributed by atoms with Crippen molar-refractivity contribution in [3.8, 4) is 0 Å². The molecule has 1 N–H and O–H groups in total. The Morgan fingerprint density at radius 3 is 2.42 bits per heavy atom. The predicted octanol–water partition coefficient (Wildman–Crippen LogP) is 2.92. The van der Waals surface area contributed by atoms with Gasteiger partial charge in [-0.3, -0.25) is 9.59 Å². The maximum atomic E-state index is 12.4. The van der Waals surface area contributed by atoms with E-state index in [4.69, 9.17) is 0 Å². The molecule has 1 atom stereocenters. The van der Waals surface area contributed by atoms with Crippen LogP contribution in [0.25, 0.3) is 0 Å². The third-order valence-corrected chi connectivity index (χ3v) is 4.46. The number of nitrogens with one attached hydrogen (secondary N) is 1. The third kappa shape index (κ3) is 3.65. The number of carbonyl (C=O) groups is 2. The highest BCUT2D eigenvalue weighted by molar-refractivity contribution is 6.00. The number of amides is 2. The van der Waals surface area contributed by atoms with Crippen molar-refractivity contribution in [3.63, 3.8) is 0 Å². The Bertz CT molecular complexity index is 710. The Morgan fingerprint density at radius 1 is 1.08 bits per heavy atom. The van der Waals surface area contributed by atoms with Gasteiger partial charge in [0, 0.05) is 25.2 Å². The van der Waals surface area contributed by atoms with Crippen molar-refractivity contribution in [1.82, 2.24) is 5.32 Å². The van der Waals surface area contributed by atoms with Gasteiger partial charge in [-0.2, -0.15) is 0 Å². The van der Waals surface area contributed by atoms with Crippen LogP contribution in [0.4, 0.5) is 5.69 Å². The fourth-order valence-corrected chi connectivity index (χ4v) is 2.97. The average molecular weight is 322 g/mol. The van der Waals surface area contributed by atoms with Crippen molar-refractivity contribution >= 4 is 17.5 Å². The van der Waals surface area contributed by atoms with Crippen LogP contribution in [0.15, 0.2) is 54.6 Å². The summed E-state index contributed by atoms with van der Waals surface area (Å²) in [6, 6.07) is 17.7. The zero-order valence-corrected chi connectivity index (χ0v) is 13.9. The molecule has 0 spiro atoms. The van der Waals surface area contributed by atoms with E-state index < -0.39 is 0 Å². The number of aryl methyl sites for hydroxylation is 1. The highest BCUT2D eigenvalue weighted by atomic mass is 16.2. The van der Waals surface area contributed by atoms with Crippen LogP contribution in [0.3, 0.4) is 0 Å². The molecule has 3 rings (SSSR count). The van der Waals surface area contributed by atoms with Gasteiger partial charge in [0.05, 0.1) is 5.92 Å². The molecule has 2 amide bonds. The lowest BCUT2D eigenvalue weighted by Crippen LogP contribution is -2.32. The average Bonchev–Trinajstić information content (AvgIpc) is 3.02. The molecule has 0 unspecified atom stereocenters. The second-order valence-corrected chi connectivity index (χ2v) is 6.13. The van der Waals surface area contributed by atoms with Crippen molar-refractivity contribution < 1.29 is 9.59 Å². The molecule has 1 aliphatic rings. The number of carbonyl (C=O) groups excluding carboxylic acids is 2. The molecule has 4 heteroatoms. The second-order valence-electron chi connectivity index (χ2n) is 6.13. The Kier molecular flexibility index (Phi) is 4.94. The minimum absolute atomic E-state index is 0.00801. The number of rotatable bonds is 5. The standard InChI is InChI=1S/C20H22N2O2/c1-2-15-8-10-16(11-9-15)13-21-20(24)17-12-19(23)22(14-17)18-6-4-3-5-7-18/h3-11,17H,2,12-14H2,1H3,(H,21,24)/t17-/m0/s1. The van der Waals surface area contributed by atoms with Gasteiger partial charge in [-0.25, -0.2) is 0 Å². The van der Waals surface area contributed by atoms with Gasteiger partial charge in [0.25, 0.3) is 0 Å². The summed E-state index contributed by atoms with van der Waals surface area (Å²) < 4.78 is 0. The Morgan fingerprint density at radius 2 is 1.75 bits per heavy atom. The lowest BCUT2D eigenvalue weighted by Gasteiger charge is -2.16. The lowest BCUT2D eigenvalue weighted by atomic mass is 10.1. The number of hydrogen-bond acceptors (Lipinski definition) is 2. The van der Waals surface area contributed by atoms with E-state index in [1.807, 2.05) is 42.5 Å². The first-order valence-electron chi connectivity index (χ1n) is 8.38. The van der Waals surface area contributed by atoms with Crippen LogP contribution in [0.5, 0.6) is 0 Å². The number of benzene rings is 2. The number of anilines is 1. The molecule has 0 radical (unpaired) electrons. The van der Waals surface area contributed by atoms with Crippen LogP contribution in [-0.2, 0) is 22.6 Å². The molecular weight excluding hydrogens is 300 g/mol. The van der Waals surface area contributed by atoms with E-state index in [1.165, 1.54) is 5.56 Å². The summed E-state index contributed by atoms with van der Waals surface area (Å²) in [7, 11) is 0. The van der Waals surface area contributed by atoms with Crippen molar-refractivity contribution in [2.45, 2.75) is 26.3 Å². The molecular formula is C20H22N2O2. The van der Waals surface area contributed by atoms with Crippen molar-refractivity contribution in [1.29, 1.82) is 0 Å². The van der Waals surface area contributed by atoms with Gasteiger partial charge < -0.3 is 10.2 Å². The highest BCUT2D eigenvalue weighted by Gasteiger charge is 2.34. The van der Waals surface area contributed by atoms with Gasteiger partial charge in [0.15, 0.2) is 0 Å². The summed E-state index contributed by atoms with van der Waals surface area (Å²) in [5.41, 5.74) is 3.21. The Hall–Kier alpha value is -2.62. The summed E-state index contributed by atoms with van der Waals surface area (Å²) in [6.07, 6.45) is 1.28. The molecule has 1 saturated heterocycles. The monoisotopic (exact) mass is 322 g/mol. The summed E-state index contributed by atoms with van der Waals surface area (Å²) in [5, 5.41) is 2.95. The molecule has 0 bridgehead atoms. The molecule has 0 aromatic heterocycles. The maximum absolute atomic E-state index is 12.4. The number of para-hydroxylation sites is 1. The van der Waals surface area contributed by atoms with Crippen LogP contribution in [0.1, 0.15) is 24.5 Å². The quantitative estimate of drug-likeness (QED) is 0.920. The van der Waals surface area contributed by atoms with E-state index in [1.54, 1.807) is 4.90 Å². The molecule has 2 aromatic rings. The molecule has 0 saturated carbocycles. The molecule has 0 aliphatic carbocycles. The fourth-order valence-electron chi connectivity index (χ4n) is 2.97. The van der Waals surface area contributed by atoms with Crippen LogP contribution in [0, 0.1) is 5.92 Å². The summed E-state index contributed by atoms with van der Waals surface area (Å²) in [4.78, 5) is 26.2. The minimum Gasteiger partial charge on any atom is -0.352 e. The fraction of sp³-hybridized carbons (Fsp3) is 0.300. The summed E-state index contributed by atoms with van der Waals surface area (Å²) >= 11 is 0. The summed E-state index contributed by atoms with van der Waals surface area (Å²) in [6.45, 7) is 3.06. The van der Waals surface area contributed by atoms with Gasteiger partial charge in [-0.15, -0.1) is 0 Å².